The van der Waals surface area contributed by atoms with Crippen LogP contribution in [0.5, 0.6) is 0 Å². The number of carboxylic acids is 1. The van der Waals surface area contributed by atoms with Gasteiger partial charge in [-0.2, -0.15) is 5.10 Å². The van der Waals surface area contributed by atoms with E-state index in [0.717, 1.165) is 0 Å². The number of aromatic carboxylic acids is 1. The summed E-state index contributed by atoms with van der Waals surface area (Å²) in [6, 6.07) is 5.13. The van der Waals surface area contributed by atoms with E-state index in [4.69, 9.17) is 11.6 Å². The molecule has 1 aromatic heterocycles. The maximum absolute atomic E-state index is 11.2. The van der Waals surface area contributed by atoms with Crippen molar-refractivity contribution < 1.29 is 9.90 Å². The Hall–Kier alpha value is -1.55. The minimum absolute atomic E-state index is 0.0189. The van der Waals surface area contributed by atoms with E-state index in [1.165, 1.54) is 4.68 Å². The van der Waals surface area contributed by atoms with Crippen LogP contribution >= 0.6 is 11.6 Å². The number of carboxylic acid groups (broad SMARTS) is 1. The van der Waals surface area contributed by atoms with Gasteiger partial charge in [0.1, 0.15) is 5.52 Å². The van der Waals surface area contributed by atoms with Crippen molar-refractivity contribution >= 4 is 28.5 Å². The molecule has 84 valence electrons. The predicted molar refractivity (Wildman–Crippen MR) is 62.1 cm³/mol. The zero-order valence-corrected chi connectivity index (χ0v) is 9.69. The van der Waals surface area contributed by atoms with Crippen LogP contribution < -0.4 is 0 Å². The van der Waals surface area contributed by atoms with Gasteiger partial charge in [-0.05, 0) is 19.9 Å². The van der Waals surface area contributed by atoms with Crippen molar-refractivity contribution in [2.75, 3.05) is 0 Å². The molecule has 0 saturated carbocycles. The van der Waals surface area contributed by atoms with Crippen LogP contribution in [0.15, 0.2) is 18.2 Å². The molecule has 0 fully saturated rings. The van der Waals surface area contributed by atoms with Gasteiger partial charge in [0.25, 0.3) is 0 Å². The normalized spacial score (nSPS) is 11.2. The smallest absolute Gasteiger partial charge is 0.354 e. The molecule has 1 aromatic carbocycles. The molecular weight excluding hydrogens is 228 g/mol. The van der Waals surface area contributed by atoms with Crippen LogP contribution in [0, 0.1) is 0 Å². The average Bonchev–Trinajstić information content (AvgIpc) is 2.58. The molecule has 4 nitrogen and oxygen atoms in total. The first-order valence-corrected chi connectivity index (χ1v) is 5.30. The SMILES string of the molecule is CC(C)n1nc2c(Cl)cccc2c1C(=O)O. The number of aromatic nitrogens is 2. The fraction of sp³-hybridized carbons (Fsp3) is 0.273. The second-order valence-corrected chi connectivity index (χ2v) is 4.24. The highest BCUT2D eigenvalue weighted by atomic mass is 35.5. The first-order chi connectivity index (χ1) is 7.52. The molecule has 16 heavy (non-hydrogen) atoms. The second kappa shape index (κ2) is 3.79. The summed E-state index contributed by atoms with van der Waals surface area (Å²) in [6.45, 7) is 3.76. The molecule has 0 amide bonds. The van der Waals surface area contributed by atoms with Crippen molar-refractivity contribution in [1.82, 2.24) is 9.78 Å². The summed E-state index contributed by atoms with van der Waals surface area (Å²) in [6.07, 6.45) is 0. The molecule has 0 saturated heterocycles. The number of hydrogen-bond acceptors (Lipinski definition) is 2. The third kappa shape index (κ3) is 1.55. The van der Waals surface area contributed by atoms with Crippen LogP contribution in [0.4, 0.5) is 0 Å². The van der Waals surface area contributed by atoms with Gasteiger partial charge >= 0.3 is 5.97 Å². The minimum atomic E-state index is -0.988. The van der Waals surface area contributed by atoms with E-state index in [-0.39, 0.29) is 11.7 Å². The van der Waals surface area contributed by atoms with Crippen molar-refractivity contribution in [2.45, 2.75) is 19.9 Å². The third-order valence-electron chi connectivity index (χ3n) is 2.37. The monoisotopic (exact) mass is 238 g/mol. The summed E-state index contributed by atoms with van der Waals surface area (Å²) in [7, 11) is 0. The molecule has 0 aliphatic carbocycles. The zero-order chi connectivity index (χ0) is 11.9. The Balaban J connectivity index is 2.86. The molecule has 2 aromatic rings. The maximum atomic E-state index is 11.2. The van der Waals surface area contributed by atoms with Gasteiger partial charge in [-0.1, -0.05) is 23.7 Å². The first kappa shape index (κ1) is 11.0. The predicted octanol–water partition coefficient (Wildman–Crippen LogP) is 2.97. The fourth-order valence-corrected chi connectivity index (χ4v) is 1.89. The summed E-state index contributed by atoms with van der Waals surface area (Å²) in [5.41, 5.74) is 0.725. The molecule has 0 atom stereocenters. The van der Waals surface area contributed by atoms with Gasteiger partial charge in [-0.25, -0.2) is 4.79 Å². The van der Waals surface area contributed by atoms with Gasteiger partial charge in [0.2, 0.25) is 0 Å². The average molecular weight is 239 g/mol. The van der Waals surface area contributed by atoms with E-state index in [0.29, 0.717) is 15.9 Å². The Bertz CT molecular complexity index is 560. The van der Waals surface area contributed by atoms with E-state index in [9.17, 15) is 9.90 Å². The van der Waals surface area contributed by atoms with Gasteiger partial charge in [-0.3, -0.25) is 4.68 Å². The van der Waals surface area contributed by atoms with Gasteiger partial charge in [0.05, 0.1) is 5.02 Å². The van der Waals surface area contributed by atoms with E-state index in [1.807, 2.05) is 13.8 Å². The molecule has 1 N–H and O–H groups in total. The number of benzene rings is 1. The molecule has 0 bridgehead atoms. The maximum Gasteiger partial charge on any atom is 0.354 e. The second-order valence-electron chi connectivity index (χ2n) is 3.83. The lowest BCUT2D eigenvalue weighted by atomic mass is 10.2. The molecule has 1 heterocycles. The molecule has 0 aliphatic rings. The summed E-state index contributed by atoms with van der Waals surface area (Å²) >= 11 is 5.98. The Morgan fingerprint density at radius 2 is 2.19 bits per heavy atom. The number of hydrogen-bond donors (Lipinski definition) is 1. The van der Waals surface area contributed by atoms with Crippen LogP contribution in [0.25, 0.3) is 10.9 Å². The summed E-state index contributed by atoms with van der Waals surface area (Å²) in [5, 5.41) is 14.5. The van der Waals surface area contributed by atoms with E-state index in [1.54, 1.807) is 18.2 Å². The van der Waals surface area contributed by atoms with Gasteiger partial charge in [0.15, 0.2) is 5.69 Å². The van der Waals surface area contributed by atoms with E-state index in [2.05, 4.69) is 5.10 Å². The number of fused-ring (bicyclic) bond motifs is 1. The third-order valence-corrected chi connectivity index (χ3v) is 2.68. The molecule has 0 unspecified atom stereocenters. The van der Waals surface area contributed by atoms with E-state index >= 15 is 0 Å². The fourth-order valence-electron chi connectivity index (χ4n) is 1.68. The molecule has 0 aliphatic heterocycles. The lowest BCUT2D eigenvalue weighted by Crippen LogP contribution is -2.12. The van der Waals surface area contributed by atoms with Crippen molar-refractivity contribution in [3.63, 3.8) is 0 Å². The Morgan fingerprint density at radius 3 is 2.75 bits per heavy atom. The highest BCUT2D eigenvalue weighted by Crippen LogP contribution is 2.27. The number of nitrogens with zero attached hydrogens (tertiary/aromatic N) is 2. The lowest BCUT2D eigenvalue weighted by Gasteiger charge is -2.07. The first-order valence-electron chi connectivity index (χ1n) is 4.92. The van der Waals surface area contributed by atoms with Gasteiger partial charge in [0, 0.05) is 11.4 Å². The van der Waals surface area contributed by atoms with Gasteiger partial charge in [-0.15, -0.1) is 0 Å². The Labute approximate surface area is 97.4 Å². The van der Waals surface area contributed by atoms with Crippen molar-refractivity contribution in [2.24, 2.45) is 0 Å². The van der Waals surface area contributed by atoms with Crippen LogP contribution in [-0.4, -0.2) is 20.9 Å². The van der Waals surface area contributed by atoms with Crippen LogP contribution in [0.3, 0.4) is 0 Å². The molecule has 5 heteroatoms. The van der Waals surface area contributed by atoms with Crippen molar-refractivity contribution in [3.8, 4) is 0 Å². The highest BCUT2D eigenvalue weighted by molar-refractivity contribution is 6.35. The topological polar surface area (TPSA) is 55.1 Å². The molecule has 0 spiro atoms. The van der Waals surface area contributed by atoms with Crippen molar-refractivity contribution in [3.05, 3.63) is 28.9 Å². The molecule has 2 rings (SSSR count). The van der Waals surface area contributed by atoms with Crippen LogP contribution in [0.2, 0.25) is 5.02 Å². The number of carbonyl (C=O) groups is 1. The highest BCUT2D eigenvalue weighted by Gasteiger charge is 2.20. The number of halogens is 1. The zero-order valence-electron chi connectivity index (χ0n) is 8.94. The quantitative estimate of drug-likeness (QED) is 0.875. The molecule has 0 radical (unpaired) electrons. The Kier molecular flexibility index (Phi) is 2.59. The summed E-state index contributed by atoms with van der Waals surface area (Å²) < 4.78 is 1.48. The van der Waals surface area contributed by atoms with Crippen LogP contribution in [-0.2, 0) is 0 Å². The van der Waals surface area contributed by atoms with Crippen LogP contribution in [0.1, 0.15) is 30.4 Å². The molecular formula is C11H11ClN2O2. The lowest BCUT2D eigenvalue weighted by molar-refractivity contribution is 0.0683. The number of rotatable bonds is 2. The van der Waals surface area contributed by atoms with E-state index < -0.39 is 5.97 Å². The largest absolute Gasteiger partial charge is 0.477 e. The standard InChI is InChI=1S/C11H11ClN2O2/c1-6(2)14-10(11(15)16)7-4-3-5-8(12)9(7)13-14/h3-6H,1-2H3,(H,15,16). The summed E-state index contributed by atoms with van der Waals surface area (Å²) in [4.78, 5) is 11.2. The van der Waals surface area contributed by atoms with Crippen molar-refractivity contribution in [1.29, 1.82) is 0 Å². The summed E-state index contributed by atoms with van der Waals surface area (Å²) in [5.74, 6) is -0.988. The Morgan fingerprint density at radius 1 is 1.50 bits per heavy atom. The minimum Gasteiger partial charge on any atom is -0.477 e. The van der Waals surface area contributed by atoms with Gasteiger partial charge < -0.3 is 5.11 Å².